The van der Waals surface area contributed by atoms with Crippen molar-refractivity contribution in [2.45, 2.75) is 6.04 Å². The minimum Gasteiger partial charge on any atom is -0.497 e. The molecule has 2 aromatic rings. The van der Waals surface area contributed by atoms with Crippen LogP contribution in [0.4, 0.5) is 4.39 Å². The van der Waals surface area contributed by atoms with Gasteiger partial charge in [-0.25, -0.2) is 4.39 Å². The van der Waals surface area contributed by atoms with Gasteiger partial charge in [0.15, 0.2) is 0 Å². The molecule has 0 saturated heterocycles. The molecule has 1 N–H and O–H groups in total. The van der Waals surface area contributed by atoms with E-state index in [-0.39, 0.29) is 11.9 Å². The first-order chi connectivity index (χ1) is 9.17. The summed E-state index contributed by atoms with van der Waals surface area (Å²) in [6, 6.07) is 8.20. The Morgan fingerprint density at radius 1 is 1.37 bits per heavy atom. The zero-order valence-electron chi connectivity index (χ0n) is 10.7. The molecule has 1 aromatic heterocycles. The largest absolute Gasteiger partial charge is 0.497 e. The smallest absolute Gasteiger partial charge is 0.132 e. The fourth-order valence-corrected chi connectivity index (χ4v) is 2.40. The van der Waals surface area contributed by atoms with E-state index >= 15 is 0 Å². The zero-order valence-corrected chi connectivity index (χ0v) is 12.2. The number of hydrogen-bond acceptors (Lipinski definition) is 3. The van der Waals surface area contributed by atoms with Crippen molar-refractivity contribution in [2.75, 3.05) is 14.2 Å². The first kappa shape index (κ1) is 14.0. The maximum Gasteiger partial charge on any atom is 0.132 e. The molecule has 3 nitrogen and oxygen atoms in total. The Bertz CT molecular complexity index is 577. The van der Waals surface area contributed by atoms with Crippen LogP contribution in [0, 0.1) is 5.82 Å². The SMILES string of the molecule is CNC(c1ccc(OC)cc1F)c1ncccc1Br. The number of pyridine rings is 1. The molecular weight excluding hydrogens is 311 g/mol. The second-order valence-corrected chi connectivity index (χ2v) is 4.83. The van der Waals surface area contributed by atoms with Crippen LogP contribution < -0.4 is 10.1 Å². The van der Waals surface area contributed by atoms with Gasteiger partial charge < -0.3 is 10.1 Å². The molecule has 0 aliphatic carbocycles. The molecule has 0 amide bonds. The van der Waals surface area contributed by atoms with Crippen LogP contribution in [-0.4, -0.2) is 19.1 Å². The van der Waals surface area contributed by atoms with Crippen LogP contribution in [-0.2, 0) is 0 Å². The summed E-state index contributed by atoms with van der Waals surface area (Å²) in [4.78, 5) is 4.30. The quantitative estimate of drug-likeness (QED) is 0.937. The van der Waals surface area contributed by atoms with E-state index in [1.54, 1.807) is 25.4 Å². The van der Waals surface area contributed by atoms with Crippen LogP contribution in [0.5, 0.6) is 5.75 Å². The number of nitrogens with zero attached hydrogens (tertiary/aromatic N) is 1. The van der Waals surface area contributed by atoms with E-state index in [1.807, 2.05) is 12.1 Å². The highest BCUT2D eigenvalue weighted by atomic mass is 79.9. The van der Waals surface area contributed by atoms with E-state index < -0.39 is 0 Å². The second kappa shape index (κ2) is 6.12. The Morgan fingerprint density at radius 2 is 2.16 bits per heavy atom. The summed E-state index contributed by atoms with van der Waals surface area (Å²) in [5.74, 6) is 0.174. The molecule has 19 heavy (non-hydrogen) atoms. The molecule has 0 spiro atoms. The molecular formula is C14H14BrFN2O. The molecule has 5 heteroatoms. The predicted molar refractivity (Wildman–Crippen MR) is 75.8 cm³/mol. The fourth-order valence-electron chi connectivity index (χ4n) is 1.92. The van der Waals surface area contributed by atoms with Gasteiger partial charge in [0.05, 0.1) is 18.8 Å². The van der Waals surface area contributed by atoms with Crippen LogP contribution in [0.1, 0.15) is 17.3 Å². The average molecular weight is 325 g/mol. The first-order valence-electron chi connectivity index (χ1n) is 5.78. The van der Waals surface area contributed by atoms with Crippen LogP contribution >= 0.6 is 15.9 Å². The van der Waals surface area contributed by atoms with Crippen molar-refractivity contribution in [1.82, 2.24) is 10.3 Å². The fraction of sp³-hybridized carbons (Fsp3) is 0.214. The number of aromatic nitrogens is 1. The number of nitrogens with one attached hydrogen (secondary N) is 1. The molecule has 0 bridgehead atoms. The monoisotopic (exact) mass is 324 g/mol. The highest BCUT2D eigenvalue weighted by molar-refractivity contribution is 9.10. The lowest BCUT2D eigenvalue weighted by atomic mass is 10.0. The minimum absolute atomic E-state index is 0.318. The maximum absolute atomic E-state index is 14.1. The summed E-state index contributed by atoms with van der Waals surface area (Å²) in [6.45, 7) is 0. The number of rotatable bonds is 4. The van der Waals surface area contributed by atoms with Gasteiger partial charge >= 0.3 is 0 Å². The van der Waals surface area contributed by atoms with E-state index in [1.165, 1.54) is 13.2 Å². The second-order valence-electron chi connectivity index (χ2n) is 3.98. The third kappa shape index (κ3) is 2.93. The summed E-state index contributed by atoms with van der Waals surface area (Å²) in [7, 11) is 3.29. The Morgan fingerprint density at radius 3 is 2.74 bits per heavy atom. The van der Waals surface area contributed by atoms with Gasteiger partial charge in [0.2, 0.25) is 0 Å². The van der Waals surface area contributed by atoms with E-state index in [0.29, 0.717) is 11.3 Å². The number of benzene rings is 1. The number of ether oxygens (including phenoxy) is 1. The number of methoxy groups -OCH3 is 1. The van der Waals surface area contributed by atoms with Crippen molar-refractivity contribution < 1.29 is 9.13 Å². The highest BCUT2D eigenvalue weighted by Crippen LogP contribution is 2.29. The maximum atomic E-state index is 14.1. The number of hydrogen-bond donors (Lipinski definition) is 1. The molecule has 0 aliphatic heterocycles. The van der Waals surface area contributed by atoms with Crippen LogP contribution in [0.15, 0.2) is 41.0 Å². The first-order valence-corrected chi connectivity index (χ1v) is 6.57. The number of halogens is 2. The normalized spacial score (nSPS) is 12.2. The molecule has 0 saturated carbocycles. The summed E-state index contributed by atoms with van der Waals surface area (Å²) in [5.41, 5.74) is 1.27. The standard InChI is InChI=1S/C14H14BrFN2O/c1-17-13(14-11(15)4-3-7-18-14)10-6-5-9(19-2)8-12(10)16/h3-8,13,17H,1-2H3. The third-order valence-corrected chi connectivity index (χ3v) is 3.54. The van der Waals surface area contributed by atoms with Gasteiger partial charge in [0.25, 0.3) is 0 Å². The Labute approximate surface area is 119 Å². The summed E-state index contributed by atoms with van der Waals surface area (Å²) < 4.78 is 20.0. The van der Waals surface area contributed by atoms with Gasteiger partial charge in [0.1, 0.15) is 11.6 Å². The van der Waals surface area contributed by atoms with Gasteiger partial charge in [-0.05, 0) is 41.2 Å². The molecule has 1 unspecified atom stereocenters. The lowest BCUT2D eigenvalue weighted by Gasteiger charge is -2.18. The van der Waals surface area contributed by atoms with Gasteiger partial charge in [0, 0.05) is 22.3 Å². The van der Waals surface area contributed by atoms with Crippen LogP contribution in [0.3, 0.4) is 0 Å². The topological polar surface area (TPSA) is 34.1 Å². The van der Waals surface area contributed by atoms with Gasteiger partial charge in [-0.2, -0.15) is 0 Å². The molecule has 1 atom stereocenters. The van der Waals surface area contributed by atoms with Crippen LogP contribution in [0.2, 0.25) is 0 Å². The summed E-state index contributed by atoms with van der Waals surface area (Å²) in [5, 5.41) is 3.08. The van der Waals surface area contributed by atoms with E-state index in [0.717, 1.165) is 10.2 Å². The lowest BCUT2D eigenvalue weighted by Crippen LogP contribution is -2.20. The Kier molecular flexibility index (Phi) is 4.50. The van der Waals surface area contributed by atoms with Crippen molar-refractivity contribution >= 4 is 15.9 Å². The van der Waals surface area contributed by atoms with Crippen LogP contribution in [0.25, 0.3) is 0 Å². The average Bonchev–Trinajstić information content (AvgIpc) is 2.43. The van der Waals surface area contributed by atoms with E-state index in [9.17, 15) is 4.39 Å². The molecule has 1 heterocycles. The molecule has 0 aliphatic rings. The Hall–Kier alpha value is -1.46. The van der Waals surface area contributed by atoms with Crippen molar-refractivity contribution in [3.05, 3.63) is 58.1 Å². The highest BCUT2D eigenvalue weighted by Gasteiger charge is 2.20. The minimum atomic E-state index is -0.323. The van der Waals surface area contributed by atoms with Crippen molar-refractivity contribution in [1.29, 1.82) is 0 Å². The molecule has 0 radical (unpaired) electrons. The molecule has 1 aromatic carbocycles. The third-order valence-electron chi connectivity index (χ3n) is 2.87. The van der Waals surface area contributed by atoms with E-state index in [2.05, 4.69) is 26.2 Å². The summed E-state index contributed by atoms with van der Waals surface area (Å²) in [6.07, 6.45) is 1.69. The van der Waals surface area contributed by atoms with Gasteiger partial charge in [-0.15, -0.1) is 0 Å². The molecule has 2 rings (SSSR count). The summed E-state index contributed by atoms with van der Waals surface area (Å²) >= 11 is 3.44. The van der Waals surface area contributed by atoms with Crippen molar-refractivity contribution in [2.24, 2.45) is 0 Å². The van der Waals surface area contributed by atoms with Gasteiger partial charge in [-0.3, -0.25) is 4.98 Å². The van der Waals surface area contributed by atoms with Gasteiger partial charge in [-0.1, -0.05) is 6.07 Å². The lowest BCUT2D eigenvalue weighted by molar-refractivity contribution is 0.410. The predicted octanol–water partition coefficient (Wildman–Crippen LogP) is 3.30. The molecule has 0 fully saturated rings. The van der Waals surface area contributed by atoms with E-state index in [4.69, 9.17) is 4.74 Å². The zero-order chi connectivity index (χ0) is 13.8. The van der Waals surface area contributed by atoms with Crippen molar-refractivity contribution in [3.8, 4) is 5.75 Å². The molecule has 100 valence electrons. The Balaban J connectivity index is 2.46. The van der Waals surface area contributed by atoms with Crippen molar-refractivity contribution in [3.63, 3.8) is 0 Å².